The highest BCUT2D eigenvalue weighted by Crippen LogP contribution is 2.21. The van der Waals surface area contributed by atoms with Crippen molar-refractivity contribution in [2.75, 3.05) is 26.9 Å². The first kappa shape index (κ1) is 15.5. The third-order valence-corrected chi connectivity index (χ3v) is 3.74. The van der Waals surface area contributed by atoms with Crippen LogP contribution in [0.4, 0.5) is 0 Å². The van der Waals surface area contributed by atoms with Crippen LogP contribution in [-0.4, -0.2) is 32.9 Å². The number of rotatable bonds is 10. The van der Waals surface area contributed by atoms with E-state index in [4.69, 9.17) is 9.47 Å². The molecule has 20 heavy (non-hydrogen) atoms. The summed E-state index contributed by atoms with van der Waals surface area (Å²) >= 11 is 0. The standard InChI is InChI=1S/C17H27NO2/c1-14(12-18-17-8-9-17)16-6-4-15(5-7-16)13-20-11-3-10-19-2/h4-7,14,17-18H,3,8-13H2,1-2H3. The third-order valence-electron chi connectivity index (χ3n) is 3.74. The summed E-state index contributed by atoms with van der Waals surface area (Å²) in [7, 11) is 1.72. The molecule has 1 fully saturated rings. The fraction of sp³-hybridized carbons (Fsp3) is 0.647. The molecule has 2 rings (SSSR count). The maximum absolute atomic E-state index is 5.62. The average Bonchev–Trinajstić information content (AvgIpc) is 3.29. The van der Waals surface area contributed by atoms with Gasteiger partial charge in [0.15, 0.2) is 0 Å². The van der Waals surface area contributed by atoms with E-state index in [0.29, 0.717) is 12.5 Å². The van der Waals surface area contributed by atoms with E-state index >= 15 is 0 Å². The molecule has 0 bridgehead atoms. The minimum atomic E-state index is 0.576. The lowest BCUT2D eigenvalue weighted by Gasteiger charge is -2.13. The number of hydrogen-bond acceptors (Lipinski definition) is 3. The lowest BCUT2D eigenvalue weighted by Crippen LogP contribution is -2.21. The minimum absolute atomic E-state index is 0.576. The van der Waals surface area contributed by atoms with E-state index in [1.807, 2.05) is 0 Å². The zero-order chi connectivity index (χ0) is 14.2. The molecule has 1 atom stereocenters. The summed E-state index contributed by atoms with van der Waals surface area (Å²) in [6.45, 7) is 5.59. The SMILES string of the molecule is COCCCOCc1ccc(C(C)CNC2CC2)cc1. The van der Waals surface area contributed by atoms with E-state index in [1.54, 1.807) is 7.11 Å². The van der Waals surface area contributed by atoms with Gasteiger partial charge in [0.2, 0.25) is 0 Å². The van der Waals surface area contributed by atoms with Crippen LogP contribution in [0.3, 0.4) is 0 Å². The summed E-state index contributed by atoms with van der Waals surface area (Å²) in [4.78, 5) is 0. The second kappa shape index (κ2) is 8.40. The van der Waals surface area contributed by atoms with E-state index in [-0.39, 0.29) is 0 Å². The largest absolute Gasteiger partial charge is 0.385 e. The molecule has 1 aromatic carbocycles. The Labute approximate surface area is 122 Å². The Morgan fingerprint density at radius 1 is 1.20 bits per heavy atom. The summed E-state index contributed by atoms with van der Waals surface area (Å²) in [5.41, 5.74) is 2.65. The maximum atomic E-state index is 5.62. The molecule has 0 aromatic heterocycles. The monoisotopic (exact) mass is 277 g/mol. The molecule has 1 aliphatic carbocycles. The predicted octanol–water partition coefficient (Wildman–Crippen LogP) is 3.10. The smallest absolute Gasteiger partial charge is 0.0716 e. The topological polar surface area (TPSA) is 30.5 Å². The molecule has 1 N–H and O–H groups in total. The molecule has 0 saturated heterocycles. The second-order valence-electron chi connectivity index (χ2n) is 5.72. The zero-order valence-electron chi connectivity index (χ0n) is 12.7. The van der Waals surface area contributed by atoms with Gasteiger partial charge < -0.3 is 14.8 Å². The van der Waals surface area contributed by atoms with Crippen molar-refractivity contribution in [1.29, 1.82) is 0 Å². The number of ether oxygens (including phenoxy) is 2. The molecule has 0 spiro atoms. The van der Waals surface area contributed by atoms with Crippen LogP contribution in [0.1, 0.15) is 43.2 Å². The highest BCUT2D eigenvalue weighted by atomic mass is 16.5. The van der Waals surface area contributed by atoms with Crippen LogP contribution in [0.5, 0.6) is 0 Å². The molecule has 1 aromatic rings. The van der Waals surface area contributed by atoms with Gasteiger partial charge in [-0.3, -0.25) is 0 Å². The number of hydrogen-bond donors (Lipinski definition) is 1. The maximum Gasteiger partial charge on any atom is 0.0716 e. The number of benzene rings is 1. The van der Waals surface area contributed by atoms with Gasteiger partial charge in [0.25, 0.3) is 0 Å². The molecule has 1 unspecified atom stereocenters. The lowest BCUT2D eigenvalue weighted by atomic mass is 10.00. The molecular weight excluding hydrogens is 250 g/mol. The summed E-state index contributed by atoms with van der Waals surface area (Å²) in [6, 6.07) is 9.61. The van der Waals surface area contributed by atoms with Gasteiger partial charge in [-0.1, -0.05) is 31.2 Å². The Balaban J connectivity index is 1.68. The third kappa shape index (κ3) is 5.61. The minimum Gasteiger partial charge on any atom is -0.385 e. The summed E-state index contributed by atoms with van der Waals surface area (Å²) < 4.78 is 10.6. The summed E-state index contributed by atoms with van der Waals surface area (Å²) in [5.74, 6) is 0.576. The van der Waals surface area contributed by atoms with Crippen molar-refractivity contribution in [2.24, 2.45) is 0 Å². The molecule has 3 heteroatoms. The van der Waals surface area contributed by atoms with Crippen LogP contribution >= 0.6 is 0 Å². The van der Waals surface area contributed by atoms with Gasteiger partial charge in [-0.05, 0) is 36.3 Å². The first-order chi connectivity index (χ1) is 9.79. The van der Waals surface area contributed by atoms with Crippen molar-refractivity contribution in [3.05, 3.63) is 35.4 Å². The van der Waals surface area contributed by atoms with Crippen molar-refractivity contribution >= 4 is 0 Å². The van der Waals surface area contributed by atoms with Gasteiger partial charge in [0.05, 0.1) is 6.61 Å². The number of nitrogens with one attached hydrogen (secondary N) is 1. The van der Waals surface area contributed by atoms with Gasteiger partial charge in [-0.2, -0.15) is 0 Å². The van der Waals surface area contributed by atoms with Gasteiger partial charge in [-0.15, -0.1) is 0 Å². The van der Waals surface area contributed by atoms with E-state index in [1.165, 1.54) is 24.0 Å². The highest BCUT2D eigenvalue weighted by molar-refractivity contribution is 5.25. The Hall–Kier alpha value is -0.900. The molecule has 0 heterocycles. The van der Waals surface area contributed by atoms with Crippen molar-refractivity contribution in [2.45, 2.75) is 44.8 Å². The molecule has 3 nitrogen and oxygen atoms in total. The van der Waals surface area contributed by atoms with Crippen molar-refractivity contribution in [3.63, 3.8) is 0 Å². The molecule has 1 aliphatic rings. The van der Waals surface area contributed by atoms with E-state index < -0.39 is 0 Å². The second-order valence-corrected chi connectivity index (χ2v) is 5.72. The lowest BCUT2D eigenvalue weighted by molar-refractivity contribution is 0.0928. The number of methoxy groups -OCH3 is 1. The van der Waals surface area contributed by atoms with Gasteiger partial charge in [0.1, 0.15) is 0 Å². The van der Waals surface area contributed by atoms with Crippen LogP contribution in [0, 0.1) is 0 Å². The van der Waals surface area contributed by atoms with Gasteiger partial charge in [-0.25, -0.2) is 0 Å². The van der Waals surface area contributed by atoms with E-state index in [0.717, 1.165) is 32.2 Å². The van der Waals surface area contributed by atoms with Crippen LogP contribution in [-0.2, 0) is 16.1 Å². The van der Waals surface area contributed by atoms with Gasteiger partial charge >= 0.3 is 0 Å². The Kier molecular flexibility index (Phi) is 6.51. The summed E-state index contributed by atoms with van der Waals surface area (Å²) in [6.07, 6.45) is 3.66. The quantitative estimate of drug-likeness (QED) is 0.667. The normalized spacial score (nSPS) is 16.3. The first-order valence-electron chi connectivity index (χ1n) is 7.68. The summed E-state index contributed by atoms with van der Waals surface area (Å²) in [5, 5.41) is 3.59. The van der Waals surface area contributed by atoms with Crippen LogP contribution in [0.2, 0.25) is 0 Å². The van der Waals surface area contributed by atoms with E-state index in [9.17, 15) is 0 Å². The van der Waals surface area contributed by atoms with Crippen molar-refractivity contribution in [1.82, 2.24) is 5.32 Å². The Morgan fingerprint density at radius 3 is 2.60 bits per heavy atom. The molecular formula is C17H27NO2. The van der Waals surface area contributed by atoms with Crippen LogP contribution in [0.15, 0.2) is 24.3 Å². The van der Waals surface area contributed by atoms with Gasteiger partial charge in [0, 0.05) is 32.9 Å². The highest BCUT2D eigenvalue weighted by Gasteiger charge is 2.21. The van der Waals surface area contributed by atoms with E-state index in [2.05, 4.69) is 36.5 Å². The van der Waals surface area contributed by atoms with Crippen molar-refractivity contribution in [3.8, 4) is 0 Å². The fourth-order valence-electron chi connectivity index (χ4n) is 2.19. The van der Waals surface area contributed by atoms with Crippen molar-refractivity contribution < 1.29 is 9.47 Å². The van der Waals surface area contributed by atoms with Crippen LogP contribution in [0.25, 0.3) is 0 Å². The predicted molar refractivity (Wildman–Crippen MR) is 82.0 cm³/mol. The molecule has 1 saturated carbocycles. The van der Waals surface area contributed by atoms with Crippen LogP contribution < -0.4 is 5.32 Å². The molecule has 112 valence electrons. The molecule has 0 amide bonds. The Morgan fingerprint density at radius 2 is 1.95 bits per heavy atom. The molecule has 0 radical (unpaired) electrons. The zero-order valence-corrected chi connectivity index (χ0v) is 12.7. The fourth-order valence-corrected chi connectivity index (χ4v) is 2.19. The Bertz CT molecular complexity index is 373. The average molecular weight is 277 g/mol. The molecule has 0 aliphatic heterocycles. The first-order valence-corrected chi connectivity index (χ1v) is 7.68.